The molecule has 158 valence electrons. The number of rotatable bonds is 5. The van der Waals surface area contributed by atoms with Crippen LogP contribution in [0.5, 0.6) is 5.75 Å². The lowest BCUT2D eigenvalue weighted by Crippen LogP contribution is -2.51. The van der Waals surface area contributed by atoms with Crippen LogP contribution in [0.15, 0.2) is 24.3 Å². The van der Waals surface area contributed by atoms with Gasteiger partial charge in [-0.3, -0.25) is 0 Å². The van der Waals surface area contributed by atoms with Crippen LogP contribution in [0, 0.1) is 0 Å². The molecule has 0 bridgehead atoms. The number of fused-ring (bicyclic) bond motifs is 1. The largest absolute Gasteiger partial charge is 0.485 e. The summed E-state index contributed by atoms with van der Waals surface area (Å²) in [6.07, 6.45) is 4.94. The maximum Gasteiger partial charge on any atom is 0.337 e. The summed E-state index contributed by atoms with van der Waals surface area (Å²) in [6.45, 7) is 0.783. The van der Waals surface area contributed by atoms with Gasteiger partial charge in [0.1, 0.15) is 18.0 Å². The van der Waals surface area contributed by atoms with Gasteiger partial charge in [0.2, 0.25) is 0 Å². The normalized spacial score (nSPS) is 29.1. The fraction of sp³-hybridized carbons (Fsp3) is 0.619. The molecule has 4 rings (SSSR count). The Morgan fingerprint density at radius 2 is 1.69 bits per heavy atom. The van der Waals surface area contributed by atoms with Crippen molar-refractivity contribution in [2.75, 3.05) is 20.3 Å². The SMILES string of the molecule is COC(=O)c1ccc(O[C@H]2CO[C@H]3[C@H]2OC[C@@H]3NC(=O)NC2CCCCC2)cc1. The van der Waals surface area contributed by atoms with E-state index in [0.29, 0.717) is 24.5 Å². The van der Waals surface area contributed by atoms with E-state index in [-0.39, 0.29) is 42.4 Å². The van der Waals surface area contributed by atoms with Crippen molar-refractivity contribution in [3.8, 4) is 5.75 Å². The van der Waals surface area contributed by atoms with E-state index in [1.807, 2.05) is 0 Å². The van der Waals surface area contributed by atoms with Crippen molar-refractivity contribution in [2.24, 2.45) is 0 Å². The average Bonchev–Trinajstić information content (AvgIpc) is 3.32. The highest BCUT2D eigenvalue weighted by atomic mass is 16.6. The van der Waals surface area contributed by atoms with Gasteiger partial charge in [-0.05, 0) is 37.1 Å². The number of carbonyl (C=O) groups is 2. The molecule has 0 aromatic heterocycles. The standard InChI is InChI=1S/C21H28N2O6/c1-26-20(24)13-7-9-15(10-8-13)29-17-12-28-18-16(11-27-19(17)18)23-21(25)22-14-5-3-2-4-6-14/h7-10,14,16-19H,2-6,11-12H2,1H3,(H2,22,23,25)/t16-,17-,18+,19-/m0/s1. The van der Waals surface area contributed by atoms with Gasteiger partial charge >= 0.3 is 12.0 Å². The smallest absolute Gasteiger partial charge is 0.337 e. The minimum Gasteiger partial charge on any atom is -0.485 e. The molecule has 0 spiro atoms. The molecular weight excluding hydrogens is 376 g/mol. The molecule has 1 saturated carbocycles. The fourth-order valence-corrected chi connectivity index (χ4v) is 4.29. The van der Waals surface area contributed by atoms with E-state index in [9.17, 15) is 9.59 Å². The van der Waals surface area contributed by atoms with Gasteiger partial charge in [-0.1, -0.05) is 19.3 Å². The van der Waals surface area contributed by atoms with Crippen LogP contribution in [0.2, 0.25) is 0 Å². The van der Waals surface area contributed by atoms with E-state index in [4.69, 9.17) is 18.9 Å². The molecule has 8 heteroatoms. The topological polar surface area (TPSA) is 95.1 Å². The molecule has 1 aromatic rings. The predicted molar refractivity (Wildman–Crippen MR) is 104 cm³/mol. The number of urea groups is 1. The van der Waals surface area contributed by atoms with Crippen molar-refractivity contribution in [2.45, 2.75) is 62.5 Å². The monoisotopic (exact) mass is 404 g/mol. The summed E-state index contributed by atoms with van der Waals surface area (Å²) in [5.41, 5.74) is 0.464. The second-order valence-corrected chi connectivity index (χ2v) is 7.83. The Morgan fingerprint density at radius 3 is 2.41 bits per heavy atom. The second-order valence-electron chi connectivity index (χ2n) is 7.83. The third-order valence-electron chi connectivity index (χ3n) is 5.83. The van der Waals surface area contributed by atoms with Crippen LogP contribution in [0.3, 0.4) is 0 Å². The van der Waals surface area contributed by atoms with Gasteiger partial charge in [0.25, 0.3) is 0 Å². The molecule has 2 heterocycles. The summed E-state index contributed by atoms with van der Waals surface area (Å²) in [6, 6.07) is 6.67. The summed E-state index contributed by atoms with van der Waals surface area (Å²) < 4.78 is 22.5. The van der Waals surface area contributed by atoms with Gasteiger partial charge in [-0.2, -0.15) is 0 Å². The van der Waals surface area contributed by atoms with Crippen LogP contribution in [0.1, 0.15) is 42.5 Å². The van der Waals surface area contributed by atoms with Gasteiger partial charge in [0.05, 0.1) is 31.9 Å². The lowest BCUT2D eigenvalue weighted by atomic mass is 9.96. The highest BCUT2D eigenvalue weighted by Gasteiger charge is 2.49. The van der Waals surface area contributed by atoms with E-state index in [1.165, 1.54) is 26.4 Å². The highest BCUT2D eigenvalue weighted by molar-refractivity contribution is 5.89. The van der Waals surface area contributed by atoms with Crippen LogP contribution in [0.4, 0.5) is 4.79 Å². The summed E-state index contributed by atoms with van der Waals surface area (Å²) in [5, 5.41) is 6.07. The summed E-state index contributed by atoms with van der Waals surface area (Å²) in [4.78, 5) is 23.9. The molecule has 1 aliphatic carbocycles. The van der Waals surface area contributed by atoms with Crippen LogP contribution in [0.25, 0.3) is 0 Å². The van der Waals surface area contributed by atoms with E-state index in [1.54, 1.807) is 24.3 Å². The molecule has 2 aliphatic heterocycles. The maximum absolute atomic E-state index is 12.3. The number of carbonyl (C=O) groups excluding carboxylic acids is 2. The Hall–Kier alpha value is -2.32. The molecule has 3 fully saturated rings. The molecule has 4 atom stereocenters. The van der Waals surface area contributed by atoms with Gasteiger partial charge in [0, 0.05) is 6.04 Å². The molecular formula is C21H28N2O6. The minimum atomic E-state index is -0.389. The van der Waals surface area contributed by atoms with Crippen molar-refractivity contribution in [3.05, 3.63) is 29.8 Å². The molecule has 0 radical (unpaired) electrons. The Bertz CT molecular complexity index is 718. The predicted octanol–water partition coefficient (Wildman–Crippen LogP) is 2.02. The Morgan fingerprint density at radius 1 is 0.966 bits per heavy atom. The maximum atomic E-state index is 12.3. The first-order valence-corrected chi connectivity index (χ1v) is 10.3. The first kappa shape index (κ1) is 20.0. The zero-order valence-corrected chi connectivity index (χ0v) is 16.6. The number of benzene rings is 1. The number of hydrogen-bond acceptors (Lipinski definition) is 6. The third-order valence-corrected chi connectivity index (χ3v) is 5.83. The Kier molecular flexibility index (Phi) is 6.20. The summed E-state index contributed by atoms with van der Waals surface area (Å²) in [5.74, 6) is 0.238. The Labute approximate surface area is 170 Å². The lowest BCUT2D eigenvalue weighted by Gasteiger charge is -2.24. The molecule has 2 saturated heterocycles. The highest BCUT2D eigenvalue weighted by Crippen LogP contribution is 2.30. The number of hydrogen-bond donors (Lipinski definition) is 2. The first-order chi connectivity index (χ1) is 14.1. The van der Waals surface area contributed by atoms with Crippen LogP contribution < -0.4 is 15.4 Å². The molecule has 29 heavy (non-hydrogen) atoms. The average molecular weight is 404 g/mol. The lowest BCUT2D eigenvalue weighted by molar-refractivity contribution is 0.0303. The minimum absolute atomic E-state index is 0.155. The summed E-state index contributed by atoms with van der Waals surface area (Å²) in [7, 11) is 1.35. The van der Waals surface area contributed by atoms with E-state index >= 15 is 0 Å². The van der Waals surface area contributed by atoms with Crippen molar-refractivity contribution in [3.63, 3.8) is 0 Å². The quantitative estimate of drug-likeness (QED) is 0.729. The van der Waals surface area contributed by atoms with Gasteiger partial charge in [0.15, 0.2) is 6.10 Å². The molecule has 8 nitrogen and oxygen atoms in total. The Balaban J connectivity index is 1.28. The van der Waals surface area contributed by atoms with Gasteiger partial charge in [-0.15, -0.1) is 0 Å². The van der Waals surface area contributed by atoms with Gasteiger partial charge < -0.3 is 29.6 Å². The van der Waals surface area contributed by atoms with Crippen LogP contribution in [-0.4, -0.2) is 62.7 Å². The zero-order valence-electron chi connectivity index (χ0n) is 16.6. The number of methoxy groups -OCH3 is 1. The fourth-order valence-electron chi connectivity index (χ4n) is 4.29. The van der Waals surface area contributed by atoms with E-state index in [2.05, 4.69) is 10.6 Å². The first-order valence-electron chi connectivity index (χ1n) is 10.3. The third kappa shape index (κ3) is 4.64. The number of nitrogens with one attached hydrogen (secondary N) is 2. The second kappa shape index (κ2) is 9.00. The van der Waals surface area contributed by atoms with Crippen LogP contribution in [-0.2, 0) is 14.2 Å². The molecule has 0 unspecified atom stereocenters. The van der Waals surface area contributed by atoms with E-state index in [0.717, 1.165) is 12.8 Å². The zero-order chi connectivity index (χ0) is 20.2. The molecule has 2 N–H and O–H groups in total. The van der Waals surface area contributed by atoms with Crippen molar-refractivity contribution >= 4 is 12.0 Å². The number of amides is 2. The molecule has 2 amide bonds. The van der Waals surface area contributed by atoms with Crippen molar-refractivity contribution < 1.29 is 28.5 Å². The summed E-state index contributed by atoms with van der Waals surface area (Å²) >= 11 is 0. The molecule has 3 aliphatic rings. The number of esters is 1. The van der Waals surface area contributed by atoms with Crippen molar-refractivity contribution in [1.82, 2.24) is 10.6 Å². The number of ether oxygens (including phenoxy) is 4. The molecule has 1 aromatic carbocycles. The van der Waals surface area contributed by atoms with Crippen LogP contribution >= 0.6 is 0 Å². The van der Waals surface area contributed by atoms with Crippen molar-refractivity contribution in [1.29, 1.82) is 0 Å². The van der Waals surface area contributed by atoms with Gasteiger partial charge in [-0.25, -0.2) is 9.59 Å². The van der Waals surface area contributed by atoms with E-state index < -0.39 is 0 Å².